The molecule has 5 heteroatoms. The zero-order valence-electron chi connectivity index (χ0n) is 7.86. The molecule has 1 fully saturated rings. The second-order valence-electron chi connectivity index (χ2n) is 3.47. The number of hydrogen-bond acceptors (Lipinski definition) is 4. The fraction of sp³-hybridized carbons (Fsp3) is 0.556. The lowest BCUT2D eigenvalue weighted by Crippen LogP contribution is -2.31. The van der Waals surface area contributed by atoms with Gasteiger partial charge in [0.15, 0.2) is 0 Å². The molecule has 4 nitrogen and oxygen atoms in total. The fourth-order valence-corrected chi connectivity index (χ4v) is 2.58. The van der Waals surface area contributed by atoms with Gasteiger partial charge in [-0.25, -0.2) is 4.98 Å². The van der Waals surface area contributed by atoms with Crippen LogP contribution in [-0.4, -0.2) is 22.1 Å². The van der Waals surface area contributed by atoms with E-state index in [0.717, 1.165) is 16.3 Å². The van der Waals surface area contributed by atoms with Gasteiger partial charge in [0.2, 0.25) is 0 Å². The van der Waals surface area contributed by atoms with E-state index in [1.165, 1.54) is 0 Å². The molecule has 2 N–H and O–H groups in total. The third-order valence-electron chi connectivity index (χ3n) is 2.43. The van der Waals surface area contributed by atoms with Crippen molar-refractivity contribution in [1.82, 2.24) is 10.3 Å². The Morgan fingerprint density at radius 2 is 2.50 bits per heavy atom. The quantitative estimate of drug-likeness (QED) is 0.776. The Bertz CT molecular complexity index is 350. The Morgan fingerprint density at radius 1 is 1.71 bits per heavy atom. The van der Waals surface area contributed by atoms with Crippen LogP contribution in [0.5, 0.6) is 0 Å². The summed E-state index contributed by atoms with van der Waals surface area (Å²) in [7, 11) is 0. The minimum absolute atomic E-state index is 0.183. The monoisotopic (exact) mass is 212 g/mol. The Morgan fingerprint density at radius 3 is 3.00 bits per heavy atom. The summed E-state index contributed by atoms with van der Waals surface area (Å²) in [6, 6.07) is -0.204. The first-order chi connectivity index (χ1) is 6.66. The number of aryl methyl sites for hydroxylation is 1. The molecule has 76 valence electrons. The molecule has 0 saturated carbocycles. The lowest BCUT2D eigenvalue weighted by atomic mass is 10.2. The highest BCUT2D eigenvalue weighted by Gasteiger charge is 2.30. The third kappa shape index (κ3) is 1.78. The van der Waals surface area contributed by atoms with Crippen LogP contribution < -0.4 is 5.32 Å². The average molecular weight is 212 g/mol. The number of thiazole rings is 1. The topological polar surface area (TPSA) is 62.2 Å². The number of aliphatic carboxylic acids is 1. The molecule has 2 atom stereocenters. The van der Waals surface area contributed by atoms with Crippen LogP contribution in [0.15, 0.2) is 6.20 Å². The second kappa shape index (κ2) is 3.67. The van der Waals surface area contributed by atoms with E-state index < -0.39 is 5.97 Å². The molecule has 1 aliphatic rings. The number of nitrogens with zero attached hydrogens (tertiary/aromatic N) is 1. The van der Waals surface area contributed by atoms with Crippen molar-refractivity contribution in [3.05, 3.63) is 16.1 Å². The van der Waals surface area contributed by atoms with Gasteiger partial charge in [0.1, 0.15) is 6.04 Å². The van der Waals surface area contributed by atoms with Crippen LogP contribution in [0, 0.1) is 6.92 Å². The third-order valence-corrected chi connectivity index (χ3v) is 3.45. The van der Waals surface area contributed by atoms with Gasteiger partial charge >= 0.3 is 5.97 Å². The van der Waals surface area contributed by atoms with Crippen LogP contribution in [-0.2, 0) is 4.79 Å². The van der Waals surface area contributed by atoms with E-state index in [1.54, 1.807) is 11.3 Å². The molecule has 0 aliphatic carbocycles. The van der Waals surface area contributed by atoms with Crippen LogP contribution in [0.1, 0.15) is 28.8 Å². The Labute approximate surface area is 86.0 Å². The lowest BCUT2D eigenvalue weighted by Gasteiger charge is -2.08. The van der Waals surface area contributed by atoms with Crippen molar-refractivity contribution in [3.8, 4) is 0 Å². The first-order valence-electron chi connectivity index (χ1n) is 4.58. The first-order valence-corrected chi connectivity index (χ1v) is 5.39. The van der Waals surface area contributed by atoms with Gasteiger partial charge in [-0.1, -0.05) is 0 Å². The van der Waals surface area contributed by atoms with Gasteiger partial charge in [0.05, 0.1) is 5.01 Å². The number of carboxylic acid groups (broad SMARTS) is 1. The van der Waals surface area contributed by atoms with E-state index in [1.807, 2.05) is 13.1 Å². The molecule has 0 radical (unpaired) electrons. The van der Waals surface area contributed by atoms with E-state index in [2.05, 4.69) is 10.3 Å². The maximum atomic E-state index is 10.7. The zero-order chi connectivity index (χ0) is 10.1. The summed E-state index contributed by atoms with van der Waals surface area (Å²) in [5, 5.41) is 12.9. The van der Waals surface area contributed by atoms with Crippen molar-refractivity contribution < 1.29 is 9.90 Å². The van der Waals surface area contributed by atoms with Gasteiger partial charge in [-0.05, 0) is 19.8 Å². The fourth-order valence-electron chi connectivity index (χ4n) is 1.70. The Hall–Kier alpha value is -0.940. The molecule has 1 saturated heterocycles. The molecule has 14 heavy (non-hydrogen) atoms. The summed E-state index contributed by atoms with van der Waals surface area (Å²) < 4.78 is 0. The maximum absolute atomic E-state index is 10.7. The Balaban J connectivity index is 2.05. The summed E-state index contributed by atoms with van der Waals surface area (Å²) in [6.07, 6.45) is 3.43. The number of nitrogens with one attached hydrogen (secondary N) is 1. The van der Waals surface area contributed by atoms with Gasteiger partial charge < -0.3 is 5.11 Å². The molecular weight excluding hydrogens is 200 g/mol. The molecule has 1 aliphatic heterocycles. The summed E-state index contributed by atoms with van der Waals surface area (Å²) in [6.45, 7) is 1.96. The molecule has 0 aromatic carbocycles. The Kier molecular flexibility index (Phi) is 2.52. The standard InChI is InChI=1S/C9H12N2O2S/c1-5-10-4-8(14-5)6-2-3-7(11-6)9(12)13/h4,6-7,11H,2-3H2,1H3,(H,12,13). The molecule has 1 aromatic heterocycles. The molecular formula is C9H12N2O2S. The summed E-state index contributed by atoms with van der Waals surface area (Å²) in [4.78, 5) is 16.0. The highest BCUT2D eigenvalue weighted by atomic mass is 32.1. The summed E-state index contributed by atoms with van der Waals surface area (Å²) >= 11 is 1.63. The number of carboxylic acids is 1. The molecule has 0 bridgehead atoms. The van der Waals surface area contributed by atoms with Crippen molar-refractivity contribution in [1.29, 1.82) is 0 Å². The minimum Gasteiger partial charge on any atom is -0.480 e. The van der Waals surface area contributed by atoms with Crippen LogP contribution in [0.4, 0.5) is 0 Å². The number of hydrogen-bond donors (Lipinski definition) is 2. The molecule has 2 unspecified atom stereocenters. The zero-order valence-corrected chi connectivity index (χ0v) is 8.67. The molecule has 2 heterocycles. The second-order valence-corrected chi connectivity index (χ2v) is 4.74. The average Bonchev–Trinajstić information content (AvgIpc) is 2.70. The maximum Gasteiger partial charge on any atom is 0.320 e. The van der Waals surface area contributed by atoms with Crippen molar-refractivity contribution in [2.75, 3.05) is 0 Å². The number of rotatable bonds is 2. The SMILES string of the molecule is Cc1ncc(C2CCC(C(=O)O)N2)s1. The van der Waals surface area contributed by atoms with Crippen LogP contribution in [0.25, 0.3) is 0 Å². The van der Waals surface area contributed by atoms with Gasteiger partial charge in [0, 0.05) is 17.1 Å². The van der Waals surface area contributed by atoms with Gasteiger partial charge in [-0.2, -0.15) is 0 Å². The van der Waals surface area contributed by atoms with E-state index >= 15 is 0 Å². The highest BCUT2D eigenvalue weighted by molar-refractivity contribution is 7.11. The predicted octanol–water partition coefficient (Wildman–Crippen LogP) is 1.33. The lowest BCUT2D eigenvalue weighted by molar-refractivity contribution is -0.139. The molecule has 0 amide bonds. The number of aromatic nitrogens is 1. The summed E-state index contributed by atoms with van der Waals surface area (Å²) in [5.41, 5.74) is 0. The smallest absolute Gasteiger partial charge is 0.320 e. The highest BCUT2D eigenvalue weighted by Crippen LogP contribution is 2.29. The van der Waals surface area contributed by atoms with Crippen molar-refractivity contribution in [3.63, 3.8) is 0 Å². The molecule has 0 spiro atoms. The predicted molar refractivity (Wildman–Crippen MR) is 53.4 cm³/mol. The normalized spacial score (nSPS) is 26.6. The van der Waals surface area contributed by atoms with E-state index in [9.17, 15) is 4.79 Å². The largest absolute Gasteiger partial charge is 0.480 e. The van der Waals surface area contributed by atoms with Crippen molar-refractivity contribution in [2.24, 2.45) is 0 Å². The minimum atomic E-state index is -0.756. The van der Waals surface area contributed by atoms with Crippen molar-refractivity contribution in [2.45, 2.75) is 31.8 Å². The van der Waals surface area contributed by atoms with Crippen LogP contribution in [0.3, 0.4) is 0 Å². The number of carbonyl (C=O) groups is 1. The first kappa shape index (κ1) is 9.61. The molecule has 1 aromatic rings. The van der Waals surface area contributed by atoms with Gasteiger partial charge in [0.25, 0.3) is 0 Å². The van der Waals surface area contributed by atoms with E-state index in [0.29, 0.717) is 6.42 Å². The van der Waals surface area contributed by atoms with Gasteiger partial charge in [-0.3, -0.25) is 10.1 Å². The van der Waals surface area contributed by atoms with E-state index in [-0.39, 0.29) is 12.1 Å². The van der Waals surface area contributed by atoms with E-state index in [4.69, 9.17) is 5.11 Å². The van der Waals surface area contributed by atoms with Gasteiger partial charge in [-0.15, -0.1) is 11.3 Å². The molecule has 2 rings (SSSR count). The van der Waals surface area contributed by atoms with Crippen molar-refractivity contribution >= 4 is 17.3 Å². The van der Waals surface area contributed by atoms with Crippen LogP contribution >= 0.6 is 11.3 Å². The van der Waals surface area contributed by atoms with Crippen LogP contribution in [0.2, 0.25) is 0 Å². The summed E-state index contributed by atoms with van der Waals surface area (Å²) in [5.74, 6) is -0.756.